The minimum Gasteiger partial charge on any atom is -0.438 e. The lowest BCUT2D eigenvalue weighted by Crippen LogP contribution is -2.20. The Hall–Kier alpha value is -3.79. The minimum atomic E-state index is -0.470. The molecular formula is C18H12N4O3. The molecule has 0 aliphatic carbocycles. The van der Waals surface area contributed by atoms with Gasteiger partial charge in [0, 0.05) is 23.0 Å². The lowest BCUT2D eigenvalue weighted by Gasteiger charge is -2.23. The van der Waals surface area contributed by atoms with Crippen LogP contribution in [0.1, 0.15) is 17.2 Å². The number of non-ortho nitro benzene ring substituents is 1. The van der Waals surface area contributed by atoms with E-state index in [4.69, 9.17) is 10.5 Å². The van der Waals surface area contributed by atoms with Crippen LogP contribution in [0.15, 0.2) is 60.0 Å². The number of nitriles is 1. The summed E-state index contributed by atoms with van der Waals surface area (Å²) in [7, 11) is 0. The molecule has 0 amide bonds. The second-order valence-corrected chi connectivity index (χ2v) is 5.69. The van der Waals surface area contributed by atoms with Crippen molar-refractivity contribution in [3.05, 3.63) is 81.4 Å². The highest BCUT2D eigenvalue weighted by Gasteiger charge is 2.33. The van der Waals surface area contributed by atoms with Crippen molar-refractivity contribution in [1.29, 1.82) is 5.26 Å². The van der Waals surface area contributed by atoms with Gasteiger partial charge in [0.15, 0.2) is 5.75 Å². The predicted octanol–water partition coefficient (Wildman–Crippen LogP) is 3.29. The van der Waals surface area contributed by atoms with Crippen molar-refractivity contribution in [2.75, 3.05) is 0 Å². The lowest BCUT2D eigenvalue weighted by atomic mass is 9.87. The summed E-state index contributed by atoms with van der Waals surface area (Å²) in [6.45, 7) is 0. The lowest BCUT2D eigenvalue weighted by molar-refractivity contribution is -0.384. The third-order valence-corrected chi connectivity index (χ3v) is 4.30. The van der Waals surface area contributed by atoms with Crippen LogP contribution in [0.2, 0.25) is 0 Å². The van der Waals surface area contributed by atoms with Crippen molar-refractivity contribution in [2.24, 2.45) is 5.73 Å². The summed E-state index contributed by atoms with van der Waals surface area (Å²) in [5.41, 5.74) is 8.53. The van der Waals surface area contributed by atoms with Crippen LogP contribution in [-0.2, 0) is 0 Å². The molecule has 4 rings (SSSR count). The molecule has 1 aliphatic heterocycles. The summed E-state index contributed by atoms with van der Waals surface area (Å²) in [6.07, 6.45) is 0. The molecule has 7 nitrogen and oxygen atoms in total. The molecule has 1 aliphatic rings. The van der Waals surface area contributed by atoms with Gasteiger partial charge < -0.3 is 15.5 Å². The number of ether oxygens (including phenoxy) is 1. The summed E-state index contributed by atoms with van der Waals surface area (Å²) in [5, 5.41) is 21.3. The number of nitrogens with zero attached hydrogens (tertiary/aromatic N) is 2. The number of aromatic amines is 1. The summed E-state index contributed by atoms with van der Waals surface area (Å²) < 4.78 is 5.70. The topological polar surface area (TPSA) is 118 Å². The number of hydrogen-bond donors (Lipinski definition) is 2. The van der Waals surface area contributed by atoms with Crippen LogP contribution in [0, 0.1) is 21.4 Å². The average Bonchev–Trinajstić information content (AvgIpc) is 2.99. The van der Waals surface area contributed by atoms with Gasteiger partial charge in [0.2, 0.25) is 5.88 Å². The monoisotopic (exact) mass is 332 g/mol. The van der Waals surface area contributed by atoms with Gasteiger partial charge in [0.05, 0.1) is 16.5 Å². The fraction of sp³-hybridized carbons (Fsp3) is 0.0556. The normalized spacial score (nSPS) is 16.2. The number of nitro benzene ring substituents is 1. The molecule has 1 aromatic heterocycles. The number of benzene rings is 2. The quantitative estimate of drug-likeness (QED) is 0.551. The number of allylic oxidation sites excluding steroid dienone is 1. The molecular weight excluding hydrogens is 320 g/mol. The first-order valence-corrected chi connectivity index (χ1v) is 7.52. The fourth-order valence-corrected chi connectivity index (χ4v) is 3.14. The van der Waals surface area contributed by atoms with Crippen LogP contribution in [-0.4, -0.2) is 9.91 Å². The average molecular weight is 332 g/mol. The number of nitrogens with one attached hydrogen (secondary N) is 1. The van der Waals surface area contributed by atoms with E-state index >= 15 is 0 Å². The molecule has 0 fully saturated rings. The van der Waals surface area contributed by atoms with Crippen LogP contribution in [0.3, 0.4) is 0 Å². The molecule has 0 radical (unpaired) electrons. The number of hydrogen-bond acceptors (Lipinski definition) is 5. The van der Waals surface area contributed by atoms with Crippen LogP contribution < -0.4 is 10.5 Å². The number of H-pyrrole nitrogens is 1. The molecule has 0 spiro atoms. The van der Waals surface area contributed by atoms with Crippen molar-refractivity contribution >= 4 is 16.6 Å². The molecule has 1 atom stereocenters. The Morgan fingerprint density at radius 3 is 2.60 bits per heavy atom. The first kappa shape index (κ1) is 14.8. The van der Waals surface area contributed by atoms with Gasteiger partial charge in [0.25, 0.3) is 5.69 Å². The van der Waals surface area contributed by atoms with Crippen molar-refractivity contribution in [1.82, 2.24) is 4.98 Å². The highest BCUT2D eigenvalue weighted by Crippen LogP contribution is 2.45. The zero-order valence-corrected chi connectivity index (χ0v) is 12.9. The van der Waals surface area contributed by atoms with E-state index in [0.29, 0.717) is 11.4 Å². The highest BCUT2D eigenvalue weighted by molar-refractivity contribution is 5.89. The third-order valence-electron chi connectivity index (χ3n) is 4.30. The van der Waals surface area contributed by atoms with Gasteiger partial charge in [-0.25, -0.2) is 0 Å². The molecule has 2 aromatic carbocycles. The number of fused-ring (bicyclic) bond motifs is 3. The van der Waals surface area contributed by atoms with Crippen molar-refractivity contribution in [2.45, 2.75) is 5.92 Å². The summed E-state index contributed by atoms with van der Waals surface area (Å²) in [4.78, 5) is 13.7. The first-order valence-electron chi connectivity index (χ1n) is 7.52. The van der Waals surface area contributed by atoms with E-state index in [-0.39, 0.29) is 17.1 Å². The van der Waals surface area contributed by atoms with Gasteiger partial charge >= 0.3 is 0 Å². The molecule has 3 aromatic rings. The SMILES string of the molecule is N#CC1=C(N)Oc2c([nH]c3ccccc23)C1c1ccc([N+](=O)[O-])cc1. The van der Waals surface area contributed by atoms with E-state index in [2.05, 4.69) is 11.1 Å². The Balaban J connectivity index is 1.93. The van der Waals surface area contributed by atoms with Crippen LogP contribution in [0.25, 0.3) is 10.9 Å². The minimum absolute atomic E-state index is 0.0110. The third kappa shape index (κ3) is 2.20. The molecule has 3 N–H and O–H groups in total. The van der Waals surface area contributed by atoms with Crippen molar-refractivity contribution < 1.29 is 9.66 Å². The molecule has 1 unspecified atom stereocenters. The number of nitro groups is 1. The second kappa shape index (κ2) is 5.39. The molecule has 0 bridgehead atoms. The first-order chi connectivity index (χ1) is 12.1. The van der Waals surface area contributed by atoms with Gasteiger partial charge in [-0.15, -0.1) is 0 Å². The Kier molecular flexibility index (Phi) is 3.18. The van der Waals surface area contributed by atoms with Crippen LogP contribution in [0.5, 0.6) is 5.75 Å². The van der Waals surface area contributed by atoms with Crippen molar-refractivity contribution in [3.63, 3.8) is 0 Å². The fourth-order valence-electron chi connectivity index (χ4n) is 3.14. The van der Waals surface area contributed by atoms with E-state index in [9.17, 15) is 15.4 Å². The Morgan fingerprint density at radius 1 is 1.20 bits per heavy atom. The number of nitrogens with two attached hydrogens (primary N) is 1. The highest BCUT2D eigenvalue weighted by atomic mass is 16.6. The summed E-state index contributed by atoms with van der Waals surface area (Å²) in [6, 6.07) is 15.8. The van der Waals surface area contributed by atoms with E-state index in [1.807, 2.05) is 24.3 Å². The Bertz CT molecular complexity index is 1070. The van der Waals surface area contributed by atoms with E-state index < -0.39 is 10.8 Å². The van der Waals surface area contributed by atoms with Gasteiger partial charge in [0.1, 0.15) is 11.6 Å². The summed E-state index contributed by atoms with van der Waals surface area (Å²) >= 11 is 0. The summed E-state index contributed by atoms with van der Waals surface area (Å²) in [5.74, 6) is 0.153. The standard InChI is InChI=1S/C18H12N4O3/c19-9-13-15(10-5-7-11(8-6-10)22(23)24)16-17(25-18(13)20)12-3-1-2-4-14(12)21-16/h1-8,15,21H,20H2. The van der Waals surface area contributed by atoms with E-state index in [0.717, 1.165) is 16.5 Å². The smallest absolute Gasteiger partial charge is 0.269 e. The molecule has 2 heterocycles. The van der Waals surface area contributed by atoms with E-state index in [1.165, 1.54) is 12.1 Å². The van der Waals surface area contributed by atoms with Gasteiger partial charge in [-0.2, -0.15) is 5.26 Å². The zero-order chi connectivity index (χ0) is 17.6. The zero-order valence-electron chi connectivity index (χ0n) is 12.9. The van der Waals surface area contributed by atoms with Gasteiger partial charge in [-0.1, -0.05) is 24.3 Å². The van der Waals surface area contributed by atoms with Crippen LogP contribution >= 0.6 is 0 Å². The number of rotatable bonds is 2. The maximum Gasteiger partial charge on any atom is 0.269 e. The van der Waals surface area contributed by atoms with E-state index in [1.54, 1.807) is 12.1 Å². The predicted molar refractivity (Wildman–Crippen MR) is 90.7 cm³/mol. The maximum atomic E-state index is 10.9. The van der Waals surface area contributed by atoms with Crippen molar-refractivity contribution in [3.8, 4) is 11.8 Å². The second-order valence-electron chi connectivity index (χ2n) is 5.69. The number of para-hydroxylation sites is 1. The Morgan fingerprint density at radius 2 is 1.92 bits per heavy atom. The maximum absolute atomic E-state index is 10.9. The molecule has 0 saturated heterocycles. The molecule has 122 valence electrons. The molecule has 25 heavy (non-hydrogen) atoms. The van der Waals surface area contributed by atoms with Gasteiger partial charge in [-0.05, 0) is 17.7 Å². The van der Waals surface area contributed by atoms with Gasteiger partial charge in [-0.3, -0.25) is 10.1 Å². The molecule has 0 saturated carbocycles. The Labute approximate surface area is 142 Å². The largest absolute Gasteiger partial charge is 0.438 e. The number of aromatic nitrogens is 1. The van der Waals surface area contributed by atoms with Crippen LogP contribution in [0.4, 0.5) is 5.69 Å². The molecule has 7 heteroatoms.